The van der Waals surface area contributed by atoms with Crippen LogP contribution in [0.25, 0.3) is 10.8 Å². The molecule has 1 unspecified atom stereocenters. The number of benzene rings is 1. The van der Waals surface area contributed by atoms with Crippen LogP contribution in [-0.2, 0) is 6.42 Å². The summed E-state index contributed by atoms with van der Waals surface area (Å²) in [5, 5.41) is 11.3. The highest BCUT2D eigenvalue weighted by atomic mass is 16.3. The van der Waals surface area contributed by atoms with Crippen LogP contribution in [0.5, 0.6) is 0 Å². The maximum atomic E-state index is 12.2. The lowest BCUT2D eigenvalue weighted by atomic mass is 10.0. The quantitative estimate of drug-likeness (QED) is 0.910. The van der Waals surface area contributed by atoms with Gasteiger partial charge in [-0.1, -0.05) is 18.6 Å². The molecule has 3 rings (SSSR count). The summed E-state index contributed by atoms with van der Waals surface area (Å²) in [6, 6.07) is 8.22. The van der Waals surface area contributed by atoms with Crippen molar-refractivity contribution >= 4 is 10.8 Å². The molecule has 4 nitrogen and oxygen atoms in total. The first-order chi connectivity index (χ1) is 10.7. The monoisotopic (exact) mass is 300 g/mol. The molecule has 0 radical (unpaired) electrons. The van der Waals surface area contributed by atoms with Crippen molar-refractivity contribution in [1.29, 1.82) is 0 Å². The number of likely N-dealkylation sites (tertiary alicyclic amines) is 1. The molecule has 0 bridgehead atoms. The molecule has 1 fully saturated rings. The Kier molecular flexibility index (Phi) is 4.60. The number of nitrogens with one attached hydrogen (secondary N) is 1. The molecule has 118 valence electrons. The van der Waals surface area contributed by atoms with Crippen LogP contribution in [0.3, 0.4) is 0 Å². The number of piperidine rings is 1. The Hall–Kier alpha value is -1.65. The number of aromatic nitrogens is 1. The summed E-state index contributed by atoms with van der Waals surface area (Å²) in [6.45, 7) is 4.20. The van der Waals surface area contributed by atoms with Gasteiger partial charge in [-0.25, -0.2) is 0 Å². The van der Waals surface area contributed by atoms with Gasteiger partial charge in [0.05, 0.1) is 6.61 Å². The minimum absolute atomic E-state index is 0.00597. The van der Waals surface area contributed by atoms with E-state index in [1.807, 2.05) is 25.1 Å². The van der Waals surface area contributed by atoms with E-state index in [1.54, 1.807) is 0 Å². The third-order valence-corrected chi connectivity index (χ3v) is 4.79. The van der Waals surface area contributed by atoms with Crippen LogP contribution in [0.1, 0.15) is 30.5 Å². The number of aliphatic hydroxyl groups is 1. The second-order valence-electron chi connectivity index (χ2n) is 6.28. The van der Waals surface area contributed by atoms with Crippen molar-refractivity contribution in [2.45, 2.75) is 38.6 Å². The van der Waals surface area contributed by atoms with Crippen molar-refractivity contribution < 1.29 is 5.11 Å². The van der Waals surface area contributed by atoms with Crippen LogP contribution in [0.2, 0.25) is 0 Å². The number of rotatable bonds is 4. The van der Waals surface area contributed by atoms with Gasteiger partial charge in [0.15, 0.2) is 0 Å². The number of nitrogens with zero attached hydrogens (tertiary/aromatic N) is 1. The number of pyridine rings is 1. The van der Waals surface area contributed by atoms with Crippen molar-refractivity contribution in [3.05, 3.63) is 45.9 Å². The first-order valence-electron chi connectivity index (χ1n) is 8.15. The van der Waals surface area contributed by atoms with Crippen molar-refractivity contribution in [3.8, 4) is 0 Å². The predicted molar refractivity (Wildman–Crippen MR) is 89.3 cm³/mol. The number of aromatic amines is 1. The third kappa shape index (κ3) is 3.08. The van der Waals surface area contributed by atoms with Crippen LogP contribution in [0.4, 0.5) is 0 Å². The fourth-order valence-corrected chi connectivity index (χ4v) is 3.45. The van der Waals surface area contributed by atoms with Gasteiger partial charge in [-0.15, -0.1) is 0 Å². The topological polar surface area (TPSA) is 56.3 Å². The zero-order valence-corrected chi connectivity index (χ0v) is 13.1. The zero-order valence-electron chi connectivity index (χ0n) is 13.1. The minimum atomic E-state index is -0.00597. The lowest BCUT2D eigenvalue weighted by molar-refractivity contribution is 0.0911. The predicted octanol–water partition coefficient (Wildman–Crippen LogP) is 2.23. The molecule has 2 heterocycles. The summed E-state index contributed by atoms with van der Waals surface area (Å²) in [5.74, 6) is 0. The van der Waals surface area contributed by atoms with E-state index in [0.717, 1.165) is 48.0 Å². The highest BCUT2D eigenvalue weighted by Gasteiger charge is 2.21. The van der Waals surface area contributed by atoms with Crippen LogP contribution < -0.4 is 5.56 Å². The molecule has 2 N–H and O–H groups in total. The number of hydrogen-bond acceptors (Lipinski definition) is 3. The fourth-order valence-electron chi connectivity index (χ4n) is 3.45. The second kappa shape index (κ2) is 6.63. The molecule has 1 aromatic carbocycles. The van der Waals surface area contributed by atoms with Gasteiger partial charge in [-0.2, -0.15) is 0 Å². The normalized spacial score (nSPS) is 19.6. The SMILES string of the molecule is Cc1cccc2c(=O)[nH]c(CCN3CCCCC3CO)cc12. The summed E-state index contributed by atoms with van der Waals surface area (Å²) in [6.07, 6.45) is 4.29. The van der Waals surface area contributed by atoms with E-state index in [4.69, 9.17) is 0 Å². The van der Waals surface area contributed by atoms with E-state index in [1.165, 1.54) is 12.8 Å². The standard InChI is InChI=1S/C18H24N2O2/c1-13-5-4-7-16-17(13)11-14(19-18(16)22)8-10-20-9-3-2-6-15(20)12-21/h4-5,7,11,15,21H,2-3,6,8-10,12H2,1H3,(H,19,22). The Morgan fingerprint density at radius 2 is 2.18 bits per heavy atom. The van der Waals surface area contributed by atoms with Crippen LogP contribution in [0.15, 0.2) is 29.1 Å². The molecule has 4 heteroatoms. The molecule has 1 aliphatic rings. The van der Waals surface area contributed by atoms with Crippen molar-refractivity contribution in [3.63, 3.8) is 0 Å². The lowest BCUT2D eigenvalue weighted by Crippen LogP contribution is -2.42. The molecule has 1 atom stereocenters. The highest BCUT2D eigenvalue weighted by molar-refractivity contribution is 5.84. The van der Waals surface area contributed by atoms with E-state index < -0.39 is 0 Å². The van der Waals surface area contributed by atoms with Gasteiger partial charge in [0.25, 0.3) is 5.56 Å². The van der Waals surface area contributed by atoms with Gasteiger partial charge in [0.1, 0.15) is 0 Å². The molecule has 0 spiro atoms. The maximum Gasteiger partial charge on any atom is 0.256 e. The van der Waals surface area contributed by atoms with Gasteiger partial charge in [-0.05, 0) is 49.4 Å². The molecular formula is C18H24N2O2. The first kappa shape index (κ1) is 15.3. The van der Waals surface area contributed by atoms with Crippen LogP contribution >= 0.6 is 0 Å². The maximum absolute atomic E-state index is 12.2. The van der Waals surface area contributed by atoms with Gasteiger partial charge >= 0.3 is 0 Å². The van der Waals surface area contributed by atoms with Crippen LogP contribution in [-0.4, -0.2) is 40.7 Å². The summed E-state index contributed by atoms with van der Waals surface area (Å²) in [5.41, 5.74) is 2.11. The Labute approximate surface area is 130 Å². The van der Waals surface area contributed by atoms with E-state index >= 15 is 0 Å². The third-order valence-electron chi connectivity index (χ3n) is 4.79. The number of fused-ring (bicyclic) bond motifs is 1. The summed E-state index contributed by atoms with van der Waals surface area (Å²) >= 11 is 0. The molecule has 2 aromatic rings. The molecule has 0 aliphatic carbocycles. The number of hydrogen-bond donors (Lipinski definition) is 2. The van der Waals surface area contributed by atoms with Crippen LogP contribution in [0, 0.1) is 6.92 Å². The average molecular weight is 300 g/mol. The second-order valence-corrected chi connectivity index (χ2v) is 6.28. The molecule has 1 aromatic heterocycles. The van der Waals surface area contributed by atoms with Crippen molar-refractivity contribution in [1.82, 2.24) is 9.88 Å². The Morgan fingerprint density at radius 1 is 1.32 bits per heavy atom. The average Bonchev–Trinajstić information content (AvgIpc) is 2.54. The van der Waals surface area contributed by atoms with E-state index in [2.05, 4.69) is 16.0 Å². The number of aryl methyl sites for hydroxylation is 1. The Morgan fingerprint density at radius 3 is 3.00 bits per heavy atom. The largest absolute Gasteiger partial charge is 0.395 e. The van der Waals surface area contributed by atoms with Crippen molar-refractivity contribution in [2.75, 3.05) is 19.7 Å². The molecule has 0 amide bonds. The smallest absolute Gasteiger partial charge is 0.256 e. The molecule has 22 heavy (non-hydrogen) atoms. The summed E-state index contributed by atoms with van der Waals surface area (Å²) in [7, 11) is 0. The minimum Gasteiger partial charge on any atom is -0.395 e. The summed E-state index contributed by atoms with van der Waals surface area (Å²) in [4.78, 5) is 17.6. The van der Waals surface area contributed by atoms with Gasteiger partial charge < -0.3 is 10.1 Å². The van der Waals surface area contributed by atoms with E-state index in [9.17, 15) is 9.90 Å². The van der Waals surface area contributed by atoms with E-state index in [-0.39, 0.29) is 18.2 Å². The molecule has 1 saturated heterocycles. The highest BCUT2D eigenvalue weighted by Crippen LogP contribution is 2.18. The first-order valence-corrected chi connectivity index (χ1v) is 8.15. The zero-order chi connectivity index (χ0) is 15.5. The molecular weight excluding hydrogens is 276 g/mol. The number of aliphatic hydroxyl groups excluding tert-OH is 1. The van der Waals surface area contributed by atoms with E-state index in [0.29, 0.717) is 0 Å². The summed E-state index contributed by atoms with van der Waals surface area (Å²) < 4.78 is 0. The molecule has 1 aliphatic heterocycles. The van der Waals surface area contributed by atoms with Gasteiger partial charge in [0, 0.05) is 30.1 Å². The molecule has 0 saturated carbocycles. The lowest BCUT2D eigenvalue weighted by Gasteiger charge is -2.34. The number of H-pyrrole nitrogens is 1. The Bertz CT molecular complexity index is 708. The Balaban J connectivity index is 1.79. The van der Waals surface area contributed by atoms with Gasteiger partial charge in [-0.3, -0.25) is 9.69 Å². The van der Waals surface area contributed by atoms with Crippen molar-refractivity contribution in [2.24, 2.45) is 0 Å². The van der Waals surface area contributed by atoms with Gasteiger partial charge in [0.2, 0.25) is 0 Å². The fraction of sp³-hybridized carbons (Fsp3) is 0.500.